The van der Waals surface area contributed by atoms with Crippen molar-refractivity contribution in [3.8, 4) is 0 Å². The van der Waals surface area contributed by atoms with Crippen LogP contribution in [0.3, 0.4) is 0 Å². The number of hydrogen-bond acceptors (Lipinski definition) is 4. The third kappa shape index (κ3) is 5.82. The van der Waals surface area contributed by atoms with Gasteiger partial charge in [0.15, 0.2) is 0 Å². The highest BCUT2D eigenvalue weighted by Gasteiger charge is 2.17. The van der Waals surface area contributed by atoms with E-state index >= 15 is 0 Å². The van der Waals surface area contributed by atoms with Crippen LogP contribution in [0.15, 0.2) is 5.38 Å². The Morgan fingerprint density at radius 2 is 2.12 bits per heavy atom. The van der Waals surface area contributed by atoms with Gasteiger partial charge >= 0.3 is 0 Å². The van der Waals surface area contributed by atoms with Crippen LogP contribution in [0.25, 0.3) is 0 Å². The third-order valence-corrected chi connectivity index (χ3v) is 3.51. The van der Waals surface area contributed by atoms with E-state index in [0.717, 1.165) is 12.2 Å². The van der Waals surface area contributed by atoms with Crippen molar-refractivity contribution in [2.45, 2.75) is 45.7 Å². The standard InChI is InChI=1S/C12H22N2OS.ClH/c1-9(2)11-14-10(7-16-11)6-13-12(3,4)8-15-5;/h7,9,13H,6,8H2,1-5H3;1H. The molecule has 0 aromatic carbocycles. The van der Waals surface area contributed by atoms with Crippen LogP contribution in [0.2, 0.25) is 0 Å². The van der Waals surface area contributed by atoms with Gasteiger partial charge in [0, 0.05) is 30.5 Å². The minimum atomic E-state index is -0.00361. The summed E-state index contributed by atoms with van der Waals surface area (Å²) < 4.78 is 5.16. The lowest BCUT2D eigenvalue weighted by atomic mass is 10.1. The number of aromatic nitrogens is 1. The van der Waals surface area contributed by atoms with Crippen molar-refractivity contribution in [3.63, 3.8) is 0 Å². The topological polar surface area (TPSA) is 34.1 Å². The Balaban J connectivity index is 0.00000256. The van der Waals surface area contributed by atoms with Crippen LogP contribution < -0.4 is 5.32 Å². The van der Waals surface area contributed by atoms with E-state index in [1.807, 2.05) is 0 Å². The summed E-state index contributed by atoms with van der Waals surface area (Å²) in [6, 6.07) is 0. The van der Waals surface area contributed by atoms with E-state index in [2.05, 4.69) is 43.4 Å². The number of hydrogen-bond donors (Lipinski definition) is 1. The lowest BCUT2D eigenvalue weighted by Crippen LogP contribution is -2.42. The second-order valence-electron chi connectivity index (χ2n) is 5.00. The molecular formula is C12H23ClN2OS. The maximum absolute atomic E-state index is 5.16. The van der Waals surface area contributed by atoms with E-state index in [1.165, 1.54) is 5.01 Å². The molecule has 5 heteroatoms. The average molecular weight is 279 g/mol. The molecule has 0 atom stereocenters. The third-order valence-electron chi connectivity index (χ3n) is 2.32. The van der Waals surface area contributed by atoms with Crippen molar-refractivity contribution in [1.82, 2.24) is 10.3 Å². The minimum absolute atomic E-state index is 0. The maximum atomic E-state index is 5.16. The van der Waals surface area contributed by atoms with Crippen LogP contribution in [0.4, 0.5) is 0 Å². The molecule has 0 aliphatic rings. The number of nitrogens with zero attached hydrogens (tertiary/aromatic N) is 1. The summed E-state index contributed by atoms with van der Waals surface area (Å²) in [6.07, 6.45) is 0. The molecule has 0 spiro atoms. The normalized spacial score (nSPS) is 11.6. The smallest absolute Gasteiger partial charge is 0.0954 e. The Morgan fingerprint density at radius 1 is 1.47 bits per heavy atom. The van der Waals surface area contributed by atoms with Gasteiger partial charge in [-0.15, -0.1) is 23.7 Å². The first-order valence-electron chi connectivity index (χ1n) is 5.63. The summed E-state index contributed by atoms with van der Waals surface area (Å²) in [5, 5.41) is 6.79. The highest BCUT2D eigenvalue weighted by Crippen LogP contribution is 2.19. The van der Waals surface area contributed by atoms with Crippen LogP contribution in [0, 0.1) is 0 Å². The Bertz CT molecular complexity index is 326. The van der Waals surface area contributed by atoms with E-state index in [9.17, 15) is 0 Å². The molecule has 1 aromatic rings. The predicted molar refractivity (Wildman–Crippen MR) is 76.2 cm³/mol. The monoisotopic (exact) mass is 278 g/mol. The van der Waals surface area contributed by atoms with Gasteiger partial charge < -0.3 is 10.1 Å². The fraction of sp³-hybridized carbons (Fsp3) is 0.750. The first kappa shape index (κ1) is 16.8. The second kappa shape index (κ2) is 7.31. The molecule has 0 saturated heterocycles. The van der Waals surface area contributed by atoms with Crippen molar-refractivity contribution in [3.05, 3.63) is 16.1 Å². The Morgan fingerprint density at radius 3 is 2.59 bits per heavy atom. The molecular weight excluding hydrogens is 256 g/mol. The molecule has 0 unspecified atom stereocenters. The van der Waals surface area contributed by atoms with E-state index in [-0.39, 0.29) is 17.9 Å². The average Bonchev–Trinajstić information content (AvgIpc) is 2.63. The SMILES string of the molecule is COCC(C)(C)NCc1csc(C(C)C)n1.Cl. The summed E-state index contributed by atoms with van der Waals surface area (Å²) in [5.74, 6) is 0.519. The zero-order valence-electron chi connectivity index (χ0n) is 11.2. The first-order chi connectivity index (χ1) is 7.44. The van der Waals surface area contributed by atoms with Gasteiger partial charge in [0.25, 0.3) is 0 Å². The van der Waals surface area contributed by atoms with E-state index < -0.39 is 0 Å². The Labute approximate surface area is 114 Å². The van der Waals surface area contributed by atoms with E-state index in [4.69, 9.17) is 4.74 Å². The molecule has 0 amide bonds. The van der Waals surface area contributed by atoms with Gasteiger partial charge in [-0.05, 0) is 13.8 Å². The molecule has 0 saturated carbocycles. The number of thiazole rings is 1. The number of methoxy groups -OCH3 is 1. The van der Waals surface area contributed by atoms with Gasteiger partial charge in [-0.25, -0.2) is 4.98 Å². The quantitative estimate of drug-likeness (QED) is 0.868. The molecule has 100 valence electrons. The molecule has 17 heavy (non-hydrogen) atoms. The summed E-state index contributed by atoms with van der Waals surface area (Å²) >= 11 is 1.74. The highest BCUT2D eigenvalue weighted by molar-refractivity contribution is 7.09. The number of halogens is 1. The van der Waals surface area contributed by atoms with Gasteiger partial charge in [0.05, 0.1) is 17.3 Å². The van der Waals surface area contributed by atoms with Crippen molar-refractivity contribution < 1.29 is 4.74 Å². The summed E-state index contributed by atoms with van der Waals surface area (Å²) in [4.78, 5) is 4.59. The van der Waals surface area contributed by atoms with Crippen LogP contribution in [0.5, 0.6) is 0 Å². The second-order valence-corrected chi connectivity index (χ2v) is 5.89. The number of ether oxygens (including phenoxy) is 1. The van der Waals surface area contributed by atoms with Crippen molar-refractivity contribution in [1.29, 1.82) is 0 Å². The molecule has 0 aliphatic carbocycles. The zero-order chi connectivity index (χ0) is 12.2. The van der Waals surface area contributed by atoms with Crippen LogP contribution in [0.1, 0.15) is 44.3 Å². The molecule has 1 N–H and O–H groups in total. The van der Waals surface area contributed by atoms with Gasteiger partial charge in [0.1, 0.15) is 0 Å². The fourth-order valence-corrected chi connectivity index (χ4v) is 2.25. The van der Waals surface area contributed by atoms with Crippen molar-refractivity contribution >= 4 is 23.7 Å². The molecule has 0 bridgehead atoms. The number of rotatable bonds is 6. The molecule has 1 rings (SSSR count). The summed E-state index contributed by atoms with van der Waals surface area (Å²) in [5.41, 5.74) is 1.12. The lowest BCUT2D eigenvalue weighted by Gasteiger charge is -2.24. The minimum Gasteiger partial charge on any atom is -0.383 e. The largest absolute Gasteiger partial charge is 0.383 e. The van der Waals surface area contributed by atoms with Gasteiger partial charge in [-0.2, -0.15) is 0 Å². The zero-order valence-corrected chi connectivity index (χ0v) is 12.9. The van der Waals surface area contributed by atoms with Crippen molar-refractivity contribution in [2.75, 3.05) is 13.7 Å². The Hall–Kier alpha value is -0.160. The fourth-order valence-electron chi connectivity index (χ4n) is 1.41. The van der Waals surface area contributed by atoms with Crippen LogP contribution in [-0.2, 0) is 11.3 Å². The molecule has 0 fully saturated rings. The Kier molecular flexibility index (Phi) is 7.24. The molecule has 3 nitrogen and oxygen atoms in total. The first-order valence-corrected chi connectivity index (χ1v) is 6.51. The van der Waals surface area contributed by atoms with Gasteiger partial charge in [0.2, 0.25) is 0 Å². The van der Waals surface area contributed by atoms with Crippen LogP contribution >= 0.6 is 23.7 Å². The maximum Gasteiger partial charge on any atom is 0.0954 e. The highest BCUT2D eigenvalue weighted by atomic mass is 35.5. The van der Waals surface area contributed by atoms with Crippen LogP contribution in [-0.4, -0.2) is 24.2 Å². The van der Waals surface area contributed by atoms with Crippen molar-refractivity contribution in [2.24, 2.45) is 0 Å². The molecule has 1 heterocycles. The summed E-state index contributed by atoms with van der Waals surface area (Å²) in [7, 11) is 1.73. The molecule has 0 radical (unpaired) electrons. The van der Waals surface area contributed by atoms with E-state index in [0.29, 0.717) is 12.5 Å². The lowest BCUT2D eigenvalue weighted by molar-refractivity contribution is 0.127. The summed E-state index contributed by atoms with van der Waals surface area (Å²) in [6.45, 7) is 10.1. The molecule has 1 aromatic heterocycles. The predicted octanol–water partition coefficient (Wildman–Crippen LogP) is 3.20. The van der Waals surface area contributed by atoms with E-state index in [1.54, 1.807) is 18.4 Å². The van der Waals surface area contributed by atoms with Gasteiger partial charge in [-0.1, -0.05) is 13.8 Å². The molecule has 0 aliphatic heterocycles. The van der Waals surface area contributed by atoms with Gasteiger partial charge in [-0.3, -0.25) is 0 Å². The number of nitrogens with one attached hydrogen (secondary N) is 1.